The quantitative estimate of drug-likeness (QED) is 0.0131. The van der Waals surface area contributed by atoms with Gasteiger partial charge < -0.3 is 59.3 Å². The van der Waals surface area contributed by atoms with E-state index >= 15 is 0 Å². The van der Waals surface area contributed by atoms with Crippen molar-refractivity contribution >= 4 is 59.2 Å². The molecule has 0 aliphatic heterocycles. The minimum absolute atomic E-state index is 0.0630. The van der Waals surface area contributed by atoms with Crippen molar-refractivity contribution in [3.63, 3.8) is 0 Å². The molecular weight excluding hydrogens is 1850 g/mol. The number of benzene rings is 7. The van der Waals surface area contributed by atoms with Gasteiger partial charge in [-0.15, -0.1) is 11.6 Å². The lowest BCUT2D eigenvalue weighted by atomic mass is 9.78. The van der Waals surface area contributed by atoms with Crippen LogP contribution in [-0.4, -0.2) is 117 Å². The minimum Gasteiger partial charge on any atom is -0.481 e. The number of imidazole rings is 3. The number of ether oxygens (including phenoxy) is 5. The van der Waals surface area contributed by atoms with Crippen LogP contribution in [0.1, 0.15) is 267 Å². The number of amides is 2. The van der Waals surface area contributed by atoms with E-state index in [9.17, 15) is 82.3 Å². The number of ketones is 2. The van der Waals surface area contributed by atoms with Crippen molar-refractivity contribution in [2.75, 3.05) is 12.5 Å². The summed E-state index contributed by atoms with van der Waals surface area (Å²) in [5.74, 6) is -10.9. The number of hydrogen-bond donors (Lipinski definition) is 5. The molecule has 3 heterocycles. The predicted octanol–water partition coefficient (Wildman–Crippen LogP) is 25.3. The number of hydrogen-bond acceptors (Lipinski definition) is 17. The Bertz CT molecular complexity index is 5870. The van der Waals surface area contributed by atoms with Crippen LogP contribution in [0.25, 0.3) is 33.8 Å². The molecule has 0 unspecified atom stereocenters. The standard InChI is InChI=1S/C26H31F2N3O2.C21H23F2N3.C20H26F2O5.C19H25F2N3O2.C12H22O4.C8H5ClF2O/c1-25(2,3)22(30-24(32)33-26(4,5)6)23-29-21(19-14-18(27)12-13-20(19)28)16-31(23)15-17-10-8-7-9-11-17;1-21(2,3)19(24)20-25-18(16-11-15(22)9-10-17(16)23)13-26(20)12-14-7-5-4-6-8-14;1-19(2,3)14(10-17(24)27-20(4,5)6)18(25)26-11-16(23)13-9-12(21)7-8-15(13)22;1-18(2,3)15(24-17(25)26-19(4,5)6)16-22-10-14(23-16)12-9-11(20)7-8-13(12)21;1-11(2,3)8(10(14)15)7-9(13)16-12(4,5)6;9-4-8(12)6-3-5(10)1-2-7(6)11/h7-14,16,22H,15H2,1-6H3,(H,30,32);4-11,13,19H,12,24H2,1-3H3;7-9,14H,10-11H2,1-6H3;7-10,15H,1-6H3,(H,22,23)(H,24,25);8H,7H2,1-6H3,(H,14,15);1-3H,4H2/t22-;19-;14-;15-;8-;/m00000./s1. The molecule has 3 aromatic heterocycles. The second-order valence-corrected chi connectivity index (χ2v) is 42.8. The Morgan fingerprint density at radius 3 is 1.12 bits per heavy atom. The third-order valence-electron chi connectivity index (χ3n) is 20.2. The number of rotatable bonds is 23. The summed E-state index contributed by atoms with van der Waals surface area (Å²) in [6, 6.07) is 33.2. The summed E-state index contributed by atoms with van der Waals surface area (Å²) in [5, 5.41) is 14.8. The van der Waals surface area contributed by atoms with Gasteiger partial charge in [-0.25, -0.2) is 68.4 Å². The number of alkyl halides is 1. The zero-order chi connectivity index (χ0) is 106. The number of carbonyl (C=O) groups excluding carboxylic acids is 7. The Morgan fingerprint density at radius 1 is 0.414 bits per heavy atom. The number of carboxylic acids is 1. The van der Waals surface area contributed by atoms with E-state index in [4.69, 9.17) is 46.1 Å². The molecule has 140 heavy (non-hydrogen) atoms. The molecule has 34 heteroatoms. The molecule has 0 fully saturated rings. The maximum absolute atomic E-state index is 14.5. The fourth-order valence-corrected chi connectivity index (χ4v) is 13.3. The zero-order valence-corrected chi connectivity index (χ0v) is 85.3. The first kappa shape index (κ1) is 118. The van der Waals surface area contributed by atoms with Crippen LogP contribution in [0, 0.1) is 97.1 Å². The van der Waals surface area contributed by atoms with E-state index < -0.39 is 186 Å². The van der Waals surface area contributed by atoms with Crippen LogP contribution >= 0.6 is 11.6 Å². The lowest BCUT2D eigenvalue weighted by molar-refractivity contribution is -0.164. The Kier molecular flexibility index (Phi) is 41.8. The van der Waals surface area contributed by atoms with Crippen LogP contribution < -0.4 is 16.4 Å². The van der Waals surface area contributed by atoms with Crippen LogP contribution in [0.4, 0.5) is 53.5 Å². The van der Waals surface area contributed by atoms with E-state index in [1.165, 1.54) is 6.20 Å². The maximum Gasteiger partial charge on any atom is 0.408 e. The number of alkyl carbamates (subject to hydrolysis) is 2. The largest absolute Gasteiger partial charge is 0.481 e. The van der Waals surface area contributed by atoms with Crippen molar-refractivity contribution in [1.29, 1.82) is 0 Å². The van der Waals surface area contributed by atoms with Crippen LogP contribution in [-0.2, 0) is 56.0 Å². The van der Waals surface area contributed by atoms with Crippen molar-refractivity contribution in [2.24, 2.45) is 44.6 Å². The Morgan fingerprint density at radius 2 is 0.757 bits per heavy atom. The monoisotopic (exact) mass is 1980 g/mol. The number of esters is 3. The summed E-state index contributed by atoms with van der Waals surface area (Å²) in [6.07, 6.45) is 3.39. The minimum atomic E-state index is -0.960. The first-order valence-corrected chi connectivity index (χ1v) is 45.5. The predicted molar refractivity (Wildman–Crippen MR) is 517 cm³/mol. The van der Waals surface area contributed by atoms with Crippen molar-refractivity contribution in [1.82, 2.24) is 39.7 Å². The SMILES string of the molecule is CC(C)(C)OC(=O)C[C@@H](C(=O)O)C(C)(C)C.CC(C)(C)OC(=O)C[C@@H](C(=O)OCC(=O)c1cc(F)ccc1F)C(C)(C)C.CC(C)(C)OC(=O)N[C@@H](c1nc(-c2cc(F)ccc2F)cn1Cc1ccccc1)C(C)(C)C.CC(C)(C)OC(=O)N[C@@H](c1ncc(-c2cc(F)ccc2F)[nH]1)C(C)(C)C.CC(C)(C)[C@@H](N)c1nc(-c2cc(F)ccc2F)cn1Cc1ccccc1.O=C(CCl)c1cc(F)ccc1F. The molecule has 0 aliphatic carbocycles. The number of carbonyl (C=O) groups is 8. The van der Waals surface area contributed by atoms with E-state index in [0.717, 1.165) is 102 Å². The van der Waals surface area contributed by atoms with Crippen molar-refractivity contribution in [3.8, 4) is 33.8 Å². The maximum atomic E-state index is 14.5. The van der Waals surface area contributed by atoms with Crippen molar-refractivity contribution in [2.45, 2.75) is 253 Å². The first-order valence-electron chi connectivity index (χ1n) is 45.0. The normalized spacial score (nSPS) is 13.0. The third-order valence-corrected chi connectivity index (χ3v) is 20.4. The molecule has 0 saturated carbocycles. The van der Waals surface area contributed by atoms with Gasteiger partial charge in [-0.05, 0) is 212 Å². The molecule has 0 bridgehead atoms. The topological polar surface area (TPSA) is 317 Å². The highest BCUT2D eigenvalue weighted by Crippen LogP contribution is 2.40. The molecule has 5 atom stereocenters. The average Bonchev–Trinajstić information content (AvgIpc) is 1.65. The second-order valence-electron chi connectivity index (χ2n) is 42.6. The number of Topliss-reactive ketones (excluding diaryl/α,β-unsaturated/α-hetero) is 2. The Balaban J connectivity index is 0.000000303. The van der Waals surface area contributed by atoms with Gasteiger partial charge >= 0.3 is 36.1 Å². The molecule has 23 nitrogen and oxygen atoms in total. The van der Waals surface area contributed by atoms with E-state index in [1.807, 2.05) is 132 Å². The number of aliphatic carboxylic acids is 1. The molecule has 0 spiro atoms. The van der Waals surface area contributed by atoms with Crippen molar-refractivity contribution < 1.29 is 111 Å². The number of nitrogens with one attached hydrogen (secondary N) is 3. The number of halogens is 11. The van der Waals surface area contributed by atoms with E-state index in [1.54, 1.807) is 137 Å². The smallest absolute Gasteiger partial charge is 0.408 e. The molecule has 2 amide bonds. The second kappa shape index (κ2) is 49.5. The van der Waals surface area contributed by atoms with E-state index in [2.05, 4.69) is 30.6 Å². The zero-order valence-electron chi connectivity index (χ0n) is 84.5. The van der Waals surface area contributed by atoms with Gasteiger partial charge in [0.1, 0.15) is 98.0 Å². The number of H-pyrrole nitrogens is 1. The fourth-order valence-electron chi connectivity index (χ4n) is 13.1. The Labute approximate surface area is 818 Å². The summed E-state index contributed by atoms with van der Waals surface area (Å²) < 4.78 is 166. The molecule has 6 N–H and O–H groups in total. The van der Waals surface area contributed by atoms with Gasteiger partial charge in [0.2, 0.25) is 5.78 Å². The Hall–Kier alpha value is -12.5. The average molecular weight is 1980 g/mol. The highest BCUT2D eigenvalue weighted by molar-refractivity contribution is 6.30. The molecule has 10 aromatic rings. The van der Waals surface area contributed by atoms with Crippen molar-refractivity contribution in [3.05, 3.63) is 268 Å². The summed E-state index contributed by atoms with van der Waals surface area (Å²) in [5.41, 5.74) is 4.27. The summed E-state index contributed by atoms with van der Waals surface area (Å²) in [4.78, 5) is 111. The van der Waals surface area contributed by atoms with E-state index in [-0.39, 0.29) is 58.1 Å². The van der Waals surface area contributed by atoms with Gasteiger partial charge in [-0.2, -0.15) is 0 Å². The first-order chi connectivity index (χ1) is 64.2. The van der Waals surface area contributed by atoms with Crippen LogP contribution in [0.15, 0.2) is 170 Å². The van der Waals surface area contributed by atoms with Gasteiger partial charge in [0.15, 0.2) is 12.4 Å². The lowest BCUT2D eigenvalue weighted by Gasteiger charge is -2.32. The van der Waals surface area contributed by atoms with Gasteiger partial charge in [-0.3, -0.25) is 28.8 Å². The molecular formula is C106H132ClF10N9O14. The number of aromatic amines is 1. The highest BCUT2D eigenvalue weighted by Gasteiger charge is 2.40. The number of nitrogens with two attached hydrogens (primary N) is 1. The molecule has 0 saturated heterocycles. The molecule has 0 aliphatic rings. The number of carboxylic acid groups (broad SMARTS) is 1. The summed E-state index contributed by atoms with van der Waals surface area (Å²) in [6.45, 7) is 49.8. The van der Waals surface area contributed by atoms with Gasteiger partial charge in [0, 0.05) is 42.2 Å². The molecule has 10 rings (SSSR count). The summed E-state index contributed by atoms with van der Waals surface area (Å²) in [7, 11) is 0. The van der Waals surface area contributed by atoms with Gasteiger partial charge in [0.25, 0.3) is 0 Å². The molecule has 762 valence electrons. The number of aromatic nitrogens is 6. The lowest BCUT2D eigenvalue weighted by Crippen LogP contribution is -2.41. The van der Waals surface area contributed by atoms with Gasteiger partial charge in [0.05, 0.1) is 83.1 Å². The fraction of sp³-hybridized carbons (Fsp3) is 0.443. The molecule has 0 radical (unpaired) electrons. The van der Waals surface area contributed by atoms with E-state index in [0.29, 0.717) is 42.0 Å². The van der Waals surface area contributed by atoms with Crippen LogP contribution in [0.3, 0.4) is 0 Å². The number of nitrogens with zero attached hydrogens (tertiary/aromatic N) is 5. The third kappa shape index (κ3) is 39.3. The van der Waals surface area contributed by atoms with Gasteiger partial charge in [-0.1, -0.05) is 165 Å². The highest BCUT2D eigenvalue weighted by atomic mass is 35.5. The summed E-state index contributed by atoms with van der Waals surface area (Å²) >= 11 is 5.17. The van der Waals surface area contributed by atoms with Crippen LogP contribution in [0.2, 0.25) is 0 Å². The van der Waals surface area contributed by atoms with Crippen LogP contribution in [0.5, 0.6) is 0 Å². The molecule has 7 aromatic carbocycles.